The number of aromatic amines is 1. The van der Waals surface area contributed by atoms with Crippen molar-refractivity contribution in [1.29, 1.82) is 0 Å². The van der Waals surface area contributed by atoms with Crippen molar-refractivity contribution in [3.63, 3.8) is 0 Å². The molecule has 0 amide bonds. The second-order valence-electron chi connectivity index (χ2n) is 7.08. The van der Waals surface area contributed by atoms with E-state index in [1.54, 1.807) is 0 Å². The molecule has 1 heterocycles. The number of H-pyrrole nitrogens is 1. The molecule has 1 aromatic carbocycles. The molecule has 0 unspecified atom stereocenters. The number of rotatable bonds is 4. The molecule has 1 aromatic heterocycles. The molecule has 2 rings (SSSR count). The van der Waals surface area contributed by atoms with Crippen LogP contribution in [0.15, 0.2) is 12.1 Å². The number of fused-ring (bicyclic) bond motifs is 1. The molecule has 0 aliphatic heterocycles. The maximum Gasteiger partial charge on any atom is 0.188 e. The number of hydrogen-bond acceptors (Lipinski definition) is 2. The molecule has 0 fully saturated rings. The maximum absolute atomic E-state index is 10.3. The van der Waals surface area contributed by atoms with E-state index in [1.165, 1.54) is 11.1 Å². The monoisotopic (exact) mass is 290 g/mol. The van der Waals surface area contributed by atoms with Gasteiger partial charge in [0, 0.05) is 6.42 Å². The van der Waals surface area contributed by atoms with Crippen LogP contribution >= 0.6 is 0 Å². The summed E-state index contributed by atoms with van der Waals surface area (Å²) in [6, 6.07) is 4.30. The summed E-state index contributed by atoms with van der Waals surface area (Å²) < 4.78 is 0. The number of aromatic nitrogens is 2. The second kappa shape index (κ2) is 5.01. The van der Waals surface area contributed by atoms with Crippen molar-refractivity contribution in [3.8, 4) is 0 Å². The molecule has 3 nitrogen and oxygen atoms in total. The minimum Gasteiger partial charge on any atom is -0.432 e. The fourth-order valence-electron chi connectivity index (χ4n) is 2.18. The van der Waals surface area contributed by atoms with Crippen molar-refractivity contribution in [2.45, 2.75) is 58.7 Å². The molecule has 4 heteroatoms. The minimum atomic E-state index is -2.14. The van der Waals surface area contributed by atoms with Crippen molar-refractivity contribution >= 4 is 19.4 Å². The van der Waals surface area contributed by atoms with E-state index in [1.807, 2.05) is 13.1 Å². The van der Waals surface area contributed by atoms with Gasteiger partial charge >= 0.3 is 0 Å². The van der Waals surface area contributed by atoms with Gasteiger partial charge in [-0.3, -0.25) is 0 Å². The fourth-order valence-corrected chi connectivity index (χ4v) is 2.91. The van der Waals surface area contributed by atoms with Crippen LogP contribution in [-0.4, -0.2) is 23.1 Å². The SMILES string of the molecule is Cc1cc2nc(CCC(C)(C)[Si](C)(C)O)[nH]c2cc1C. The van der Waals surface area contributed by atoms with E-state index in [0.29, 0.717) is 0 Å². The largest absolute Gasteiger partial charge is 0.432 e. The zero-order chi connectivity index (χ0) is 15.1. The molecule has 0 aliphatic carbocycles. The summed E-state index contributed by atoms with van der Waals surface area (Å²) in [5.74, 6) is 1.02. The van der Waals surface area contributed by atoms with Gasteiger partial charge < -0.3 is 9.78 Å². The van der Waals surface area contributed by atoms with Crippen LogP contribution in [0.4, 0.5) is 0 Å². The van der Waals surface area contributed by atoms with E-state index < -0.39 is 8.32 Å². The number of benzene rings is 1. The third-order valence-corrected chi connectivity index (χ3v) is 8.35. The van der Waals surface area contributed by atoms with Gasteiger partial charge in [-0.2, -0.15) is 0 Å². The third kappa shape index (κ3) is 2.96. The Bertz CT molecular complexity index is 584. The van der Waals surface area contributed by atoms with Crippen molar-refractivity contribution in [2.24, 2.45) is 0 Å². The third-order valence-electron chi connectivity index (χ3n) is 4.79. The Labute approximate surface area is 122 Å². The average Bonchev–Trinajstić information content (AvgIpc) is 2.68. The Morgan fingerprint density at radius 2 is 1.80 bits per heavy atom. The molecule has 0 atom stereocenters. The first kappa shape index (κ1) is 15.3. The highest BCUT2D eigenvalue weighted by Crippen LogP contribution is 2.39. The van der Waals surface area contributed by atoms with Gasteiger partial charge in [0.1, 0.15) is 5.82 Å². The smallest absolute Gasteiger partial charge is 0.188 e. The molecule has 0 bridgehead atoms. The Morgan fingerprint density at radius 3 is 2.40 bits per heavy atom. The summed E-state index contributed by atoms with van der Waals surface area (Å²) in [5.41, 5.74) is 4.72. The van der Waals surface area contributed by atoms with Crippen molar-refractivity contribution in [1.82, 2.24) is 9.97 Å². The Hall–Kier alpha value is -1.13. The van der Waals surface area contributed by atoms with Crippen LogP contribution in [0, 0.1) is 13.8 Å². The molecule has 0 radical (unpaired) electrons. The Kier molecular flexibility index (Phi) is 3.82. The number of nitrogens with one attached hydrogen (secondary N) is 1. The summed E-state index contributed by atoms with van der Waals surface area (Å²) in [7, 11) is -2.14. The van der Waals surface area contributed by atoms with Crippen LogP contribution < -0.4 is 0 Å². The van der Waals surface area contributed by atoms with E-state index >= 15 is 0 Å². The predicted molar refractivity (Wildman–Crippen MR) is 87.6 cm³/mol. The summed E-state index contributed by atoms with van der Waals surface area (Å²) in [5, 5.41) is -0.00217. The number of imidazole rings is 1. The first-order valence-electron chi connectivity index (χ1n) is 7.28. The summed E-state index contributed by atoms with van der Waals surface area (Å²) in [4.78, 5) is 18.4. The lowest BCUT2D eigenvalue weighted by Gasteiger charge is -2.34. The van der Waals surface area contributed by atoms with Crippen LogP contribution in [0.5, 0.6) is 0 Å². The lowest BCUT2D eigenvalue weighted by Crippen LogP contribution is -2.39. The van der Waals surface area contributed by atoms with Crippen molar-refractivity contribution in [2.75, 3.05) is 0 Å². The van der Waals surface area contributed by atoms with Crippen LogP contribution in [0.25, 0.3) is 11.0 Å². The van der Waals surface area contributed by atoms with E-state index in [9.17, 15) is 4.80 Å². The van der Waals surface area contributed by atoms with Crippen LogP contribution in [0.2, 0.25) is 18.1 Å². The standard InChI is InChI=1S/C16H26N2OSi/c1-11-9-13-14(10-12(11)2)18-15(17-13)7-8-16(3,4)20(5,6)19/h9-10,19H,7-8H2,1-6H3,(H,17,18). The van der Waals surface area contributed by atoms with E-state index in [4.69, 9.17) is 0 Å². The Balaban J connectivity index is 2.19. The van der Waals surface area contributed by atoms with Crippen molar-refractivity contribution in [3.05, 3.63) is 29.1 Å². The lowest BCUT2D eigenvalue weighted by atomic mass is 10.1. The molecular weight excluding hydrogens is 264 g/mol. The van der Waals surface area contributed by atoms with Crippen molar-refractivity contribution < 1.29 is 4.80 Å². The molecule has 0 saturated heterocycles. The number of aryl methyl sites for hydroxylation is 3. The zero-order valence-electron chi connectivity index (χ0n) is 13.5. The topological polar surface area (TPSA) is 48.9 Å². The van der Waals surface area contributed by atoms with E-state index in [2.05, 4.69) is 49.8 Å². The molecule has 0 aliphatic rings. The quantitative estimate of drug-likeness (QED) is 0.833. The summed E-state index contributed by atoms with van der Waals surface area (Å²) in [6.07, 6.45) is 1.84. The highest BCUT2D eigenvalue weighted by Gasteiger charge is 2.37. The number of hydrogen-bond donors (Lipinski definition) is 2. The van der Waals surface area contributed by atoms with Gasteiger partial charge in [-0.05, 0) is 61.7 Å². The van der Waals surface area contributed by atoms with Gasteiger partial charge in [-0.1, -0.05) is 13.8 Å². The molecule has 0 spiro atoms. The normalized spacial score (nSPS) is 13.2. The number of nitrogens with zero attached hydrogens (tertiary/aromatic N) is 1. The molecular formula is C16H26N2OSi. The molecule has 2 aromatic rings. The van der Waals surface area contributed by atoms with E-state index in [-0.39, 0.29) is 5.04 Å². The highest BCUT2D eigenvalue weighted by molar-refractivity contribution is 6.72. The molecule has 0 saturated carbocycles. The lowest BCUT2D eigenvalue weighted by molar-refractivity contribution is 0.449. The molecule has 110 valence electrons. The summed E-state index contributed by atoms with van der Waals surface area (Å²) >= 11 is 0. The predicted octanol–water partition coefficient (Wildman–Crippen LogP) is 4.09. The summed E-state index contributed by atoms with van der Waals surface area (Å²) in [6.45, 7) is 12.6. The van der Waals surface area contributed by atoms with Crippen LogP contribution in [0.1, 0.15) is 37.2 Å². The first-order chi connectivity index (χ1) is 9.10. The van der Waals surface area contributed by atoms with Gasteiger partial charge in [0.25, 0.3) is 0 Å². The maximum atomic E-state index is 10.3. The fraction of sp³-hybridized carbons (Fsp3) is 0.562. The first-order valence-corrected chi connectivity index (χ1v) is 10.2. The minimum absolute atomic E-state index is 0.00217. The molecule has 20 heavy (non-hydrogen) atoms. The zero-order valence-corrected chi connectivity index (χ0v) is 14.5. The van der Waals surface area contributed by atoms with Gasteiger partial charge in [-0.25, -0.2) is 4.98 Å². The van der Waals surface area contributed by atoms with Crippen LogP contribution in [-0.2, 0) is 6.42 Å². The van der Waals surface area contributed by atoms with Gasteiger partial charge in [0.05, 0.1) is 11.0 Å². The van der Waals surface area contributed by atoms with Crippen LogP contribution in [0.3, 0.4) is 0 Å². The molecule has 2 N–H and O–H groups in total. The van der Waals surface area contributed by atoms with Gasteiger partial charge in [-0.15, -0.1) is 0 Å². The van der Waals surface area contributed by atoms with Gasteiger partial charge in [0.15, 0.2) is 8.32 Å². The highest BCUT2D eigenvalue weighted by atomic mass is 28.4. The van der Waals surface area contributed by atoms with E-state index in [0.717, 1.165) is 29.7 Å². The van der Waals surface area contributed by atoms with Gasteiger partial charge in [0.2, 0.25) is 0 Å². The second-order valence-corrected chi connectivity index (χ2v) is 11.6. The Morgan fingerprint density at radius 1 is 1.20 bits per heavy atom. The average molecular weight is 290 g/mol.